The first-order chi connectivity index (χ1) is 12.3. The molecule has 0 bridgehead atoms. The molecule has 26 heavy (non-hydrogen) atoms. The summed E-state index contributed by atoms with van der Waals surface area (Å²) >= 11 is 1.81. The van der Waals surface area contributed by atoms with Crippen molar-refractivity contribution in [3.63, 3.8) is 0 Å². The number of hydrogen-bond donors (Lipinski definition) is 2. The summed E-state index contributed by atoms with van der Waals surface area (Å²) in [5, 5.41) is 8.55. The molecule has 2 atom stereocenters. The third-order valence-electron chi connectivity index (χ3n) is 4.16. The molecule has 0 radical (unpaired) electrons. The van der Waals surface area contributed by atoms with Crippen LogP contribution in [0.5, 0.6) is 0 Å². The number of carbonyl (C=O) groups excluding carboxylic acids is 1. The fraction of sp³-hybridized carbons (Fsp3) is 0.684. The van der Waals surface area contributed by atoms with E-state index in [0.29, 0.717) is 5.92 Å². The number of alkyl carbamates (subject to hydrolysis) is 1. The smallest absolute Gasteiger partial charge is 0.407 e. The van der Waals surface area contributed by atoms with Crippen LogP contribution in [0, 0.1) is 5.92 Å². The molecule has 2 rings (SSSR count). The number of rotatable bonds is 5. The summed E-state index contributed by atoms with van der Waals surface area (Å²) in [5.41, 5.74) is -0.474. The van der Waals surface area contributed by atoms with E-state index < -0.39 is 5.60 Å². The van der Waals surface area contributed by atoms with Gasteiger partial charge >= 0.3 is 6.09 Å². The van der Waals surface area contributed by atoms with Crippen LogP contribution in [-0.2, 0) is 11.2 Å². The number of carbonyl (C=O) groups is 1. The van der Waals surface area contributed by atoms with E-state index in [4.69, 9.17) is 4.74 Å². The lowest BCUT2D eigenvalue weighted by Crippen LogP contribution is -2.45. The number of ether oxygens (including phenoxy) is 1. The van der Waals surface area contributed by atoms with E-state index >= 15 is 0 Å². The van der Waals surface area contributed by atoms with Gasteiger partial charge in [-0.1, -0.05) is 13.0 Å². The maximum atomic E-state index is 11.9. The Labute approximate surface area is 161 Å². The lowest BCUT2D eigenvalue weighted by atomic mass is 10.1. The summed E-state index contributed by atoms with van der Waals surface area (Å²) in [4.78, 5) is 19.9. The molecule has 7 heteroatoms. The molecular weight excluding hydrogens is 348 g/mol. The van der Waals surface area contributed by atoms with E-state index in [1.807, 2.05) is 20.8 Å². The Hall–Kier alpha value is -1.76. The highest BCUT2D eigenvalue weighted by molar-refractivity contribution is 7.09. The summed E-state index contributed by atoms with van der Waals surface area (Å²) in [7, 11) is 1.81. The standard InChI is InChI=1S/C19H32N4O2S/c1-14(11-16-7-6-10-26-16)12-21-17(20-5)23-9-8-15(13-23)22-18(24)25-19(2,3)4/h6-7,10,14-15H,8-9,11-13H2,1-5H3,(H,20,21)(H,22,24). The highest BCUT2D eigenvalue weighted by Gasteiger charge is 2.27. The van der Waals surface area contributed by atoms with Crippen molar-refractivity contribution in [3.05, 3.63) is 22.4 Å². The van der Waals surface area contributed by atoms with E-state index in [-0.39, 0.29) is 12.1 Å². The normalized spacial score (nSPS) is 19.3. The number of nitrogens with one attached hydrogen (secondary N) is 2. The Balaban J connectivity index is 1.75. The van der Waals surface area contributed by atoms with Gasteiger partial charge in [0.2, 0.25) is 0 Å². The SMILES string of the molecule is CN=C(NCC(C)Cc1cccs1)N1CCC(NC(=O)OC(C)(C)C)C1. The maximum absolute atomic E-state index is 11.9. The second-order valence-corrected chi connectivity index (χ2v) is 8.93. The fourth-order valence-corrected chi connectivity index (χ4v) is 3.86. The summed E-state index contributed by atoms with van der Waals surface area (Å²) in [5.74, 6) is 1.43. The van der Waals surface area contributed by atoms with E-state index in [0.717, 1.165) is 38.4 Å². The third kappa shape index (κ3) is 6.86. The average Bonchev–Trinajstić information content (AvgIpc) is 3.18. The van der Waals surface area contributed by atoms with Gasteiger partial charge in [-0.2, -0.15) is 0 Å². The lowest BCUT2D eigenvalue weighted by Gasteiger charge is -2.24. The Morgan fingerprint density at radius 1 is 1.50 bits per heavy atom. The van der Waals surface area contributed by atoms with Gasteiger partial charge in [0.15, 0.2) is 5.96 Å². The molecule has 2 N–H and O–H groups in total. The van der Waals surface area contributed by atoms with Crippen LogP contribution in [0.4, 0.5) is 4.79 Å². The zero-order chi connectivity index (χ0) is 19.2. The molecule has 1 amide bonds. The quantitative estimate of drug-likeness (QED) is 0.608. The van der Waals surface area contributed by atoms with E-state index in [1.165, 1.54) is 4.88 Å². The van der Waals surface area contributed by atoms with E-state index in [2.05, 4.69) is 45.0 Å². The predicted octanol–water partition coefficient (Wildman–Crippen LogP) is 3.10. The molecule has 0 saturated carbocycles. The lowest BCUT2D eigenvalue weighted by molar-refractivity contribution is 0.0507. The average molecular weight is 381 g/mol. The molecule has 1 aliphatic rings. The van der Waals surface area contributed by atoms with Crippen LogP contribution in [0.15, 0.2) is 22.5 Å². The molecule has 0 aliphatic carbocycles. The van der Waals surface area contributed by atoms with Crippen molar-refractivity contribution in [1.29, 1.82) is 0 Å². The number of nitrogens with zero attached hydrogens (tertiary/aromatic N) is 2. The second-order valence-electron chi connectivity index (χ2n) is 7.89. The number of guanidine groups is 1. The highest BCUT2D eigenvalue weighted by Crippen LogP contribution is 2.15. The van der Waals surface area contributed by atoms with Gasteiger partial charge in [0.05, 0.1) is 6.04 Å². The topological polar surface area (TPSA) is 66.0 Å². The zero-order valence-corrected chi connectivity index (χ0v) is 17.4. The largest absolute Gasteiger partial charge is 0.444 e. The van der Waals surface area contributed by atoms with Crippen LogP contribution in [0.2, 0.25) is 0 Å². The molecule has 1 aromatic rings. The van der Waals surface area contributed by atoms with Crippen molar-refractivity contribution in [1.82, 2.24) is 15.5 Å². The molecule has 1 aliphatic heterocycles. The van der Waals surface area contributed by atoms with Crippen molar-refractivity contribution in [2.75, 3.05) is 26.7 Å². The van der Waals surface area contributed by atoms with Crippen molar-refractivity contribution in [2.45, 2.75) is 52.2 Å². The minimum absolute atomic E-state index is 0.0898. The molecule has 1 saturated heterocycles. The van der Waals surface area contributed by atoms with Crippen LogP contribution < -0.4 is 10.6 Å². The third-order valence-corrected chi connectivity index (χ3v) is 5.06. The summed E-state index contributed by atoms with van der Waals surface area (Å²) in [6.45, 7) is 10.4. The highest BCUT2D eigenvalue weighted by atomic mass is 32.1. The Bertz CT molecular complexity index is 595. The fourth-order valence-electron chi connectivity index (χ4n) is 2.99. The minimum Gasteiger partial charge on any atom is -0.444 e. The molecule has 2 unspecified atom stereocenters. The number of thiophene rings is 1. The molecular formula is C19H32N4O2S. The minimum atomic E-state index is -0.474. The molecule has 6 nitrogen and oxygen atoms in total. The van der Waals surface area contributed by atoms with Crippen LogP contribution in [-0.4, -0.2) is 55.3 Å². The predicted molar refractivity (Wildman–Crippen MR) is 108 cm³/mol. The number of aliphatic imine (C=N–C) groups is 1. The van der Waals surface area contributed by atoms with Crippen LogP contribution in [0.1, 0.15) is 39.0 Å². The van der Waals surface area contributed by atoms with Crippen molar-refractivity contribution >= 4 is 23.4 Å². The van der Waals surface area contributed by atoms with Gasteiger partial charge in [0.1, 0.15) is 5.60 Å². The first-order valence-electron chi connectivity index (χ1n) is 9.24. The number of amides is 1. The van der Waals surface area contributed by atoms with E-state index in [9.17, 15) is 4.79 Å². The van der Waals surface area contributed by atoms with Gasteiger partial charge in [-0.15, -0.1) is 11.3 Å². The van der Waals surface area contributed by atoms with Gasteiger partial charge < -0.3 is 20.3 Å². The molecule has 0 aromatic carbocycles. The molecule has 1 aromatic heterocycles. The second kappa shape index (κ2) is 9.26. The van der Waals surface area contributed by atoms with Crippen LogP contribution >= 0.6 is 11.3 Å². The van der Waals surface area contributed by atoms with Gasteiger partial charge in [0, 0.05) is 31.6 Å². The first kappa shape index (κ1) is 20.6. The van der Waals surface area contributed by atoms with Gasteiger partial charge in [0.25, 0.3) is 0 Å². The summed E-state index contributed by atoms with van der Waals surface area (Å²) in [6, 6.07) is 4.37. The molecule has 1 fully saturated rings. The first-order valence-corrected chi connectivity index (χ1v) is 10.1. The van der Waals surface area contributed by atoms with Crippen molar-refractivity contribution in [2.24, 2.45) is 10.9 Å². The van der Waals surface area contributed by atoms with Gasteiger partial charge in [-0.25, -0.2) is 4.79 Å². The van der Waals surface area contributed by atoms with Crippen LogP contribution in [0.3, 0.4) is 0 Å². The number of likely N-dealkylation sites (tertiary alicyclic amines) is 1. The molecule has 146 valence electrons. The Morgan fingerprint density at radius 3 is 2.88 bits per heavy atom. The van der Waals surface area contributed by atoms with Gasteiger partial charge in [-0.3, -0.25) is 4.99 Å². The molecule has 2 heterocycles. The number of hydrogen-bond acceptors (Lipinski definition) is 4. The van der Waals surface area contributed by atoms with Crippen molar-refractivity contribution < 1.29 is 9.53 Å². The Kier molecular flexibility index (Phi) is 7.32. The van der Waals surface area contributed by atoms with Crippen molar-refractivity contribution in [3.8, 4) is 0 Å². The zero-order valence-electron chi connectivity index (χ0n) is 16.5. The summed E-state index contributed by atoms with van der Waals surface area (Å²) < 4.78 is 5.34. The monoisotopic (exact) mass is 380 g/mol. The molecule has 0 spiro atoms. The summed E-state index contributed by atoms with van der Waals surface area (Å²) in [6.07, 6.45) is 1.62. The van der Waals surface area contributed by atoms with E-state index in [1.54, 1.807) is 18.4 Å². The maximum Gasteiger partial charge on any atom is 0.407 e. The van der Waals surface area contributed by atoms with Gasteiger partial charge in [-0.05, 0) is 51.0 Å². The van der Waals surface area contributed by atoms with Crippen LogP contribution in [0.25, 0.3) is 0 Å². The Morgan fingerprint density at radius 2 is 2.27 bits per heavy atom.